The third-order valence-electron chi connectivity index (χ3n) is 3.87. The molecule has 0 bridgehead atoms. The molecule has 0 aromatic heterocycles. The van der Waals surface area contributed by atoms with Crippen LogP contribution in [0.2, 0.25) is 0 Å². The molecule has 1 unspecified atom stereocenters. The van der Waals surface area contributed by atoms with E-state index in [0.717, 1.165) is 19.0 Å². The minimum Gasteiger partial charge on any atom is -0.313 e. The van der Waals surface area contributed by atoms with Crippen LogP contribution >= 0.6 is 0 Å². The van der Waals surface area contributed by atoms with Gasteiger partial charge >= 0.3 is 0 Å². The fourth-order valence-corrected chi connectivity index (χ4v) is 2.72. The lowest BCUT2D eigenvalue weighted by Gasteiger charge is -2.13. The molecule has 1 saturated heterocycles. The van der Waals surface area contributed by atoms with Crippen LogP contribution in [0.4, 0.5) is 0 Å². The van der Waals surface area contributed by atoms with Gasteiger partial charge in [-0.2, -0.15) is 0 Å². The monoisotopic (exact) mass is 258 g/mol. The summed E-state index contributed by atoms with van der Waals surface area (Å²) in [5.74, 6) is 0.837. The molecule has 1 heterocycles. The van der Waals surface area contributed by atoms with Gasteiger partial charge in [-0.05, 0) is 44.5 Å². The van der Waals surface area contributed by atoms with Gasteiger partial charge in [0, 0.05) is 13.1 Å². The van der Waals surface area contributed by atoms with Crippen molar-refractivity contribution in [2.45, 2.75) is 20.3 Å². The Morgan fingerprint density at radius 3 is 2.84 bits per heavy atom. The van der Waals surface area contributed by atoms with Crippen LogP contribution in [0.15, 0.2) is 35.9 Å². The molecule has 0 spiro atoms. The first kappa shape index (κ1) is 14.3. The topological polar surface area (TPSA) is 15.3 Å². The van der Waals surface area contributed by atoms with E-state index >= 15 is 0 Å². The molecule has 1 aromatic carbocycles. The summed E-state index contributed by atoms with van der Waals surface area (Å²) in [7, 11) is 0. The summed E-state index contributed by atoms with van der Waals surface area (Å²) in [4.78, 5) is 2.54. The fourth-order valence-electron chi connectivity index (χ4n) is 2.72. The molecule has 0 aliphatic carbocycles. The van der Waals surface area contributed by atoms with E-state index in [4.69, 9.17) is 0 Å². The Kier molecular flexibility index (Phi) is 5.62. The molecule has 2 nitrogen and oxygen atoms in total. The van der Waals surface area contributed by atoms with Crippen molar-refractivity contribution >= 4 is 6.08 Å². The number of hydrogen-bond acceptors (Lipinski definition) is 2. The lowest BCUT2D eigenvalue weighted by Crippen LogP contribution is -2.27. The van der Waals surface area contributed by atoms with Crippen molar-refractivity contribution in [1.82, 2.24) is 10.2 Å². The molecule has 1 N–H and O–H groups in total. The minimum atomic E-state index is 0.837. The second-order valence-corrected chi connectivity index (χ2v) is 5.58. The van der Waals surface area contributed by atoms with E-state index < -0.39 is 0 Å². The molecule has 0 amide bonds. The Morgan fingerprint density at radius 2 is 2.16 bits per heavy atom. The summed E-state index contributed by atoms with van der Waals surface area (Å²) in [6.45, 7) is 10.3. The number of nitrogens with zero attached hydrogens (tertiary/aromatic N) is 1. The summed E-state index contributed by atoms with van der Waals surface area (Å²) in [5, 5.41) is 3.60. The lowest BCUT2D eigenvalue weighted by atomic mass is 10.1. The maximum atomic E-state index is 3.60. The predicted octanol–water partition coefficient (Wildman–Crippen LogP) is 3.02. The zero-order valence-corrected chi connectivity index (χ0v) is 12.2. The predicted molar refractivity (Wildman–Crippen MR) is 83.2 cm³/mol. The molecule has 1 aliphatic rings. The normalized spacial score (nSPS) is 20.9. The standard InChI is InChI=1S/C17H26N2/c1-3-19-10-9-17(14-19)13-18-12-15(2)11-16-7-5-4-6-8-16/h4-8,11,17-18H,3,9-10,12-14H2,1-2H3/b15-11+. The van der Waals surface area contributed by atoms with E-state index in [1.54, 1.807) is 0 Å². The fraction of sp³-hybridized carbons (Fsp3) is 0.529. The first-order valence-electron chi connectivity index (χ1n) is 7.43. The van der Waals surface area contributed by atoms with Crippen LogP contribution in [-0.2, 0) is 0 Å². The van der Waals surface area contributed by atoms with Crippen LogP contribution in [0.3, 0.4) is 0 Å². The van der Waals surface area contributed by atoms with Crippen LogP contribution in [-0.4, -0.2) is 37.6 Å². The maximum Gasteiger partial charge on any atom is 0.0165 e. The number of hydrogen-bond donors (Lipinski definition) is 1. The quantitative estimate of drug-likeness (QED) is 0.844. The molecule has 0 saturated carbocycles. The van der Waals surface area contributed by atoms with Gasteiger partial charge < -0.3 is 10.2 Å². The van der Waals surface area contributed by atoms with Gasteiger partial charge in [-0.3, -0.25) is 0 Å². The molecule has 1 fully saturated rings. The average Bonchev–Trinajstić information content (AvgIpc) is 2.88. The Labute approximate surface area is 117 Å². The molecule has 1 atom stereocenters. The first-order valence-corrected chi connectivity index (χ1v) is 7.43. The maximum absolute atomic E-state index is 3.60. The van der Waals surface area contributed by atoms with Crippen LogP contribution in [0.25, 0.3) is 6.08 Å². The number of nitrogens with one attached hydrogen (secondary N) is 1. The van der Waals surface area contributed by atoms with Gasteiger partial charge in [-0.1, -0.05) is 48.9 Å². The number of likely N-dealkylation sites (tertiary alicyclic amines) is 1. The van der Waals surface area contributed by atoms with E-state index in [2.05, 4.69) is 60.5 Å². The van der Waals surface area contributed by atoms with Crippen molar-refractivity contribution in [3.63, 3.8) is 0 Å². The van der Waals surface area contributed by atoms with Crippen molar-refractivity contribution in [2.24, 2.45) is 5.92 Å². The van der Waals surface area contributed by atoms with Crippen molar-refractivity contribution in [3.8, 4) is 0 Å². The van der Waals surface area contributed by atoms with E-state index in [9.17, 15) is 0 Å². The highest BCUT2D eigenvalue weighted by Gasteiger charge is 2.20. The van der Waals surface area contributed by atoms with Gasteiger partial charge in [0.25, 0.3) is 0 Å². The molecule has 19 heavy (non-hydrogen) atoms. The summed E-state index contributed by atoms with van der Waals surface area (Å²) in [6.07, 6.45) is 3.61. The van der Waals surface area contributed by atoms with Gasteiger partial charge in [0.15, 0.2) is 0 Å². The van der Waals surface area contributed by atoms with Crippen molar-refractivity contribution in [2.75, 3.05) is 32.7 Å². The summed E-state index contributed by atoms with van der Waals surface area (Å²) in [6, 6.07) is 10.5. The van der Waals surface area contributed by atoms with Gasteiger partial charge in [0.1, 0.15) is 0 Å². The molecule has 2 heteroatoms. The third-order valence-corrected chi connectivity index (χ3v) is 3.87. The van der Waals surface area contributed by atoms with E-state index in [1.807, 2.05) is 0 Å². The van der Waals surface area contributed by atoms with Crippen LogP contribution in [0.1, 0.15) is 25.8 Å². The zero-order chi connectivity index (χ0) is 13.5. The van der Waals surface area contributed by atoms with Gasteiger partial charge in [0.2, 0.25) is 0 Å². The summed E-state index contributed by atoms with van der Waals surface area (Å²) in [5.41, 5.74) is 2.69. The SMILES string of the molecule is CCN1CCC(CNC/C(C)=C/c2ccccc2)C1. The third kappa shape index (κ3) is 4.81. The molecular weight excluding hydrogens is 232 g/mol. The van der Waals surface area contributed by atoms with Crippen LogP contribution < -0.4 is 5.32 Å². The van der Waals surface area contributed by atoms with E-state index in [0.29, 0.717) is 0 Å². The Balaban J connectivity index is 1.70. The molecule has 0 radical (unpaired) electrons. The summed E-state index contributed by atoms with van der Waals surface area (Å²) >= 11 is 0. The average molecular weight is 258 g/mol. The van der Waals surface area contributed by atoms with E-state index in [1.165, 1.54) is 37.2 Å². The highest BCUT2D eigenvalue weighted by molar-refractivity contribution is 5.52. The lowest BCUT2D eigenvalue weighted by molar-refractivity contribution is 0.340. The van der Waals surface area contributed by atoms with Crippen molar-refractivity contribution in [1.29, 1.82) is 0 Å². The van der Waals surface area contributed by atoms with Gasteiger partial charge in [-0.25, -0.2) is 0 Å². The van der Waals surface area contributed by atoms with Crippen LogP contribution in [0, 0.1) is 5.92 Å². The second kappa shape index (κ2) is 7.46. The first-order chi connectivity index (χ1) is 9.28. The van der Waals surface area contributed by atoms with Gasteiger partial charge in [0.05, 0.1) is 0 Å². The molecule has 104 valence electrons. The molecule has 2 rings (SSSR count). The largest absolute Gasteiger partial charge is 0.313 e. The Morgan fingerprint density at radius 1 is 1.37 bits per heavy atom. The summed E-state index contributed by atoms with van der Waals surface area (Å²) < 4.78 is 0. The molecule has 1 aliphatic heterocycles. The zero-order valence-electron chi connectivity index (χ0n) is 12.2. The molecular formula is C17H26N2. The Hall–Kier alpha value is -1.12. The number of rotatable bonds is 6. The van der Waals surface area contributed by atoms with Gasteiger partial charge in [-0.15, -0.1) is 0 Å². The van der Waals surface area contributed by atoms with Crippen molar-refractivity contribution < 1.29 is 0 Å². The highest BCUT2D eigenvalue weighted by Crippen LogP contribution is 2.14. The minimum absolute atomic E-state index is 0.837. The Bertz CT molecular complexity index is 397. The smallest absolute Gasteiger partial charge is 0.0165 e. The van der Waals surface area contributed by atoms with Crippen molar-refractivity contribution in [3.05, 3.63) is 41.5 Å². The highest BCUT2D eigenvalue weighted by atomic mass is 15.1. The molecule has 1 aromatic rings. The van der Waals surface area contributed by atoms with Crippen LogP contribution in [0.5, 0.6) is 0 Å². The second-order valence-electron chi connectivity index (χ2n) is 5.58. The number of benzene rings is 1. The van der Waals surface area contributed by atoms with E-state index in [-0.39, 0.29) is 0 Å².